The fourth-order valence-electron chi connectivity index (χ4n) is 3.28. The molecule has 4 rings (SSSR count). The molecule has 3 aromatic rings. The third-order valence-corrected chi connectivity index (χ3v) is 6.62. The summed E-state index contributed by atoms with van der Waals surface area (Å²) in [6.07, 6.45) is 1.02. The smallest absolute Gasteiger partial charge is 0.260 e. The zero-order chi connectivity index (χ0) is 20.4. The lowest BCUT2D eigenvalue weighted by Gasteiger charge is -2.34. The first kappa shape index (κ1) is 20.3. The van der Waals surface area contributed by atoms with E-state index in [4.69, 9.17) is 32.9 Å². The fourth-order valence-corrected chi connectivity index (χ4v) is 4.69. The van der Waals surface area contributed by atoms with Crippen molar-refractivity contribution in [2.45, 2.75) is 13.3 Å². The lowest BCUT2D eigenvalue weighted by Crippen LogP contribution is -2.50. The van der Waals surface area contributed by atoms with Crippen LogP contribution in [-0.2, 0) is 11.2 Å². The molecule has 0 unspecified atom stereocenters. The molecule has 2 heterocycles. The van der Waals surface area contributed by atoms with Crippen molar-refractivity contribution in [1.29, 1.82) is 0 Å². The summed E-state index contributed by atoms with van der Waals surface area (Å²) in [7, 11) is 0. The maximum absolute atomic E-state index is 12.5. The molecule has 1 aliphatic heterocycles. The van der Waals surface area contributed by atoms with Gasteiger partial charge < -0.3 is 14.5 Å². The number of rotatable bonds is 5. The molecule has 1 amide bonds. The van der Waals surface area contributed by atoms with Gasteiger partial charge in [0, 0.05) is 37.3 Å². The van der Waals surface area contributed by atoms with Crippen LogP contribution in [0.15, 0.2) is 36.4 Å². The number of nitrogens with zero attached hydrogens (tertiary/aromatic N) is 3. The van der Waals surface area contributed by atoms with Crippen LogP contribution in [0.4, 0.5) is 5.13 Å². The van der Waals surface area contributed by atoms with Crippen molar-refractivity contribution in [2.75, 3.05) is 37.7 Å². The first-order chi connectivity index (χ1) is 14.0. The number of amides is 1. The normalized spacial score (nSPS) is 14.4. The lowest BCUT2D eigenvalue weighted by atomic mass is 10.2. The second kappa shape index (κ2) is 8.78. The van der Waals surface area contributed by atoms with Gasteiger partial charge in [-0.15, -0.1) is 0 Å². The minimum Gasteiger partial charge on any atom is -0.482 e. The number of hydrogen-bond acceptors (Lipinski definition) is 5. The van der Waals surface area contributed by atoms with Crippen LogP contribution in [0.25, 0.3) is 10.2 Å². The highest BCUT2D eigenvalue weighted by molar-refractivity contribution is 7.22. The largest absolute Gasteiger partial charge is 0.482 e. The van der Waals surface area contributed by atoms with E-state index < -0.39 is 0 Å². The summed E-state index contributed by atoms with van der Waals surface area (Å²) in [5.41, 5.74) is 2.36. The Hall–Kier alpha value is -2.02. The van der Waals surface area contributed by atoms with Crippen molar-refractivity contribution in [2.24, 2.45) is 0 Å². The number of piperazine rings is 1. The van der Waals surface area contributed by atoms with Crippen molar-refractivity contribution in [3.8, 4) is 5.75 Å². The molecule has 0 N–H and O–H groups in total. The van der Waals surface area contributed by atoms with Crippen LogP contribution in [-0.4, -0.2) is 48.6 Å². The van der Waals surface area contributed by atoms with Crippen LogP contribution in [0, 0.1) is 0 Å². The van der Waals surface area contributed by atoms with E-state index in [1.165, 1.54) is 10.3 Å². The monoisotopic (exact) mass is 449 g/mol. The fraction of sp³-hybridized carbons (Fsp3) is 0.333. The Labute approximate surface area is 183 Å². The third-order valence-electron chi connectivity index (χ3n) is 5.00. The summed E-state index contributed by atoms with van der Waals surface area (Å²) in [5, 5.41) is 1.98. The van der Waals surface area contributed by atoms with Crippen LogP contribution in [0.5, 0.6) is 5.75 Å². The predicted octanol–water partition coefficient (Wildman–Crippen LogP) is 4.89. The summed E-state index contributed by atoms with van der Waals surface area (Å²) < 4.78 is 6.79. The first-order valence-corrected chi connectivity index (χ1v) is 11.1. The number of fused-ring (bicyclic) bond motifs is 1. The molecule has 0 spiro atoms. The lowest BCUT2D eigenvalue weighted by molar-refractivity contribution is -0.133. The summed E-state index contributed by atoms with van der Waals surface area (Å²) >= 11 is 13.8. The minimum atomic E-state index is -0.0578. The Kier molecular flexibility index (Phi) is 6.13. The molecular weight excluding hydrogens is 429 g/mol. The zero-order valence-electron chi connectivity index (χ0n) is 16.0. The summed E-state index contributed by atoms with van der Waals surface area (Å²) in [6.45, 7) is 4.89. The van der Waals surface area contributed by atoms with E-state index in [-0.39, 0.29) is 12.5 Å². The van der Waals surface area contributed by atoms with E-state index in [2.05, 4.69) is 30.0 Å². The van der Waals surface area contributed by atoms with Gasteiger partial charge in [0.2, 0.25) is 0 Å². The van der Waals surface area contributed by atoms with Crippen LogP contribution in [0.3, 0.4) is 0 Å². The Bertz CT molecular complexity index is 1030. The molecule has 5 nitrogen and oxygen atoms in total. The third kappa shape index (κ3) is 4.60. The number of aryl methyl sites for hydroxylation is 1. The Morgan fingerprint density at radius 2 is 1.93 bits per heavy atom. The Morgan fingerprint density at radius 3 is 2.69 bits per heavy atom. The molecule has 1 aromatic heterocycles. The van der Waals surface area contributed by atoms with Gasteiger partial charge in [0.05, 0.1) is 15.2 Å². The van der Waals surface area contributed by atoms with Crippen LogP contribution >= 0.6 is 34.5 Å². The number of ether oxygens (including phenoxy) is 1. The van der Waals surface area contributed by atoms with Crippen molar-refractivity contribution in [1.82, 2.24) is 9.88 Å². The quantitative estimate of drug-likeness (QED) is 0.555. The molecule has 1 saturated heterocycles. The maximum atomic E-state index is 12.5. The van der Waals surface area contributed by atoms with Gasteiger partial charge >= 0.3 is 0 Å². The highest BCUT2D eigenvalue weighted by Gasteiger charge is 2.23. The van der Waals surface area contributed by atoms with Gasteiger partial charge in [0.15, 0.2) is 11.7 Å². The summed E-state index contributed by atoms with van der Waals surface area (Å²) in [4.78, 5) is 21.3. The second-order valence-corrected chi connectivity index (χ2v) is 8.74. The number of thiazole rings is 1. The number of anilines is 1. The number of benzene rings is 2. The number of hydrogen-bond donors (Lipinski definition) is 0. The van der Waals surface area contributed by atoms with E-state index in [0.717, 1.165) is 30.2 Å². The molecule has 0 atom stereocenters. The average Bonchev–Trinajstić information content (AvgIpc) is 3.17. The van der Waals surface area contributed by atoms with Crippen LogP contribution in [0.1, 0.15) is 12.5 Å². The average molecular weight is 450 g/mol. The first-order valence-electron chi connectivity index (χ1n) is 9.53. The molecule has 8 heteroatoms. The number of halogens is 2. The Morgan fingerprint density at radius 1 is 1.14 bits per heavy atom. The van der Waals surface area contributed by atoms with Crippen LogP contribution < -0.4 is 9.64 Å². The second-order valence-electron chi connectivity index (χ2n) is 6.88. The summed E-state index contributed by atoms with van der Waals surface area (Å²) in [5.74, 6) is 0.365. The van der Waals surface area contributed by atoms with Gasteiger partial charge in [-0.25, -0.2) is 4.98 Å². The molecule has 29 heavy (non-hydrogen) atoms. The summed E-state index contributed by atoms with van der Waals surface area (Å²) in [6, 6.07) is 11.4. The van der Waals surface area contributed by atoms with Crippen molar-refractivity contribution in [3.05, 3.63) is 52.0 Å². The Balaban J connectivity index is 1.34. The molecule has 0 saturated carbocycles. The van der Waals surface area contributed by atoms with Gasteiger partial charge in [-0.2, -0.15) is 0 Å². The molecule has 1 aliphatic rings. The predicted molar refractivity (Wildman–Crippen MR) is 120 cm³/mol. The molecule has 0 radical (unpaired) electrons. The van der Waals surface area contributed by atoms with E-state index in [9.17, 15) is 4.79 Å². The van der Waals surface area contributed by atoms with Gasteiger partial charge in [0.25, 0.3) is 5.91 Å². The number of carbonyl (C=O) groups is 1. The number of aromatic nitrogens is 1. The van der Waals surface area contributed by atoms with Gasteiger partial charge in [0.1, 0.15) is 5.75 Å². The van der Waals surface area contributed by atoms with Gasteiger partial charge in [-0.3, -0.25) is 4.79 Å². The molecule has 152 valence electrons. The van der Waals surface area contributed by atoms with Crippen molar-refractivity contribution >= 4 is 55.8 Å². The SMILES string of the molecule is CCc1ccc2nc(N3CCN(C(=O)COc4cc(Cl)ccc4Cl)CC3)sc2c1. The van der Waals surface area contributed by atoms with E-state index >= 15 is 0 Å². The number of carbonyl (C=O) groups excluding carboxylic acids is 1. The maximum Gasteiger partial charge on any atom is 0.260 e. The highest BCUT2D eigenvalue weighted by atomic mass is 35.5. The van der Waals surface area contributed by atoms with Crippen molar-refractivity contribution in [3.63, 3.8) is 0 Å². The zero-order valence-corrected chi connectivity index (χ0v) is 18.4. The molecule has 0 bridgehead atoms. The molecule has 1 fully saturated rings. The molecule has 2 aromatic carbocycles. The van der Waals surface area contributed by atoms with E-state index in [1.54, 1.807) is 29.5 Å². The highest BCUT2D eigenvalue weighted by Crippen LogP contribution is 2.30. The minimum absolute atomic E-state index is 0.0546. The van der Waals surface area contributed by atoms with Crippen molar-refractivity contribution < 1.29 is 9.53 Å². The van der Waals surface area contributed by atoms with E-state index in [0.29, 0.717) is 28.9 Å². The topological polar surface area (TPSA) is 45.7 Å². The molecule has 0 aliphatic carbocycles. The standard InChI is InChI=1S/C21H21Cl2N3O2S/c1-2-14-3-6-17-19(11-14)29-21(24-17)26-9-7-25(8-10-26)20(27)13-28-18-12-15(22)4-5-16(18)23/h3-6,11-12H,2,7-10,13H2,1H3. The van der Waals surface area contributed by atoms with Gasteiger partial charge in [-0.05, 0) is 36.2 Å². The van der Waals surface area contributed by atoms with Crippen LogP contribution in [0.2, 0.25) is 10.0 Å². The van der Waals surface area contributed by atoms with Gasteiger partial charge in [-0.1, -0.05) is 47.5 Å². The van der Waals surface area contributed by atoms with E-state index in [1.807, 2.05) is 4.90 Å². The molecular formula is C21H21Cl2N3O2S.